The molecule has 4 heteroatoms. The van der Waals surface area contributed by atoms with Gasteiger partial charge in [0, 0.05) is 12.2 Å². The van der Waals surface area contributed by atoms with Crippen LogP contribution in [0.5, 0.6) is 11.5 Å². The Kier molecular flexibility index (Phi) is 5.05. The summed E-state index contributed by atoms with van der Waals surface area (Å²) in [6, 6.07) is 15.6. The lowest BCUT2D eigenvalue weighted by Gasteiger charge is -2.11. The zero-order valence-corrected chi connectivity index (χ0v) is 12.2. The smallest absolute Gasteiger partial charge is 0.174 e. The van der Waals surface area contributed by atoms with Crippen molar-refractivity contribution < 1.29 is 9.47 Å². The molecule has 0 aliphatic rings. The molecule has 0 aliphatic heterocycles. The Bertz CT molecular complexity index is 647. The monoisotopic (exact) mass is 282 g/mol. The first-order valence-corrected chi connectivity index (χ1v) is 6.70. The molecule has 0 radical (unpaired) electrons. The first-order chi connectivity index (χ1) is 10.2. The molecule has 4 nitrogen and oxygen atoms in total. The highest BCUT2D eigenvalue weighted by Gasteiger charge is 2.01. The molecule has 2 rings (SSSR count). The van der Waals surface area contributed by atoms with Crippen LogP contribution in [0, 0.1) is 18.3 Å². The van der Waals surface area contributed by atoms with Crippen LogP contribution in [0.15, 0.2) is 42.5 Å². The molecule has 1 N–H and O–H groups in total. The van der Waals surface area contributed by atoms with Crippen LogP contribution in [0.2, 0.25) is 0 Å². The fourth-order valence-electron chi connectivity index (χ4n) is 2.02. The number of aryl methyl sites for hydroxylation is 1. The Hall–Kier alpha value is -2.67. The predicted octanol–water partition coefficient (Wildman–Crippen LogP) is 3.52. The van der Waals surface area contributed by atoms with Crippen molar-refractivity contribution in [1.82, 2.24) is 0 Å². The molecule has 0 fully saturated rings. The highest BCUT2D eigenvalue weighted by molar-refractivity contribution is 5.54. The van der Waals surface area contributed by atoms with Gasteiger partial charge in [0.1, 0.15) is 17.6 Å². The number of anilines is 1. The highest BCUT2D eigenvalue weighted by Crippen LogP contribution is 2.22. The van der Waals surface area contributed by atoms with E-state index in [1.807, 2.05) is 55.5 Å². The topological polar surface area (TPSA) is 54.3 Å². The first-order valence-electron chi connectivity index (χ1n) is 6.70. The van der Waals surface area contributed by atoms with Crippen LogP contribution in [0.25, 0.3) is 0 Å². The molecule has 0 atom stereocenters. The van der Waals surface area contributed by atoms with Crippen LogP contribution in [0.4, 0.5) is 5.69 Å². The number of hydrogen-bond donors (Lipinski definition) is 1. The number of hydrogen-bond acceptors (Lipinski definition) is 4. The zero-order valence-electron chi connectivity index (χ0n) is 12.2. The van der Waals surface area contributed by atoms with E-state index >= 15 is 0 Å². The van der Waals surface area contributed by atoms with Crippen molar-refractivity contribution in [3.05, 3.63) is 53.6 Å². The Morgan fingerprint density at radius 3 is 2.71 bits per heavy atom. The Labute approximate surface area is 124 Å². The molecule has 0 amide bonds. The lowest BCUT2D eigenvalue weighted by molar-refractivity contribution is 0.368. The van der Waals surface area contributed by atoms with E-state index in [9.17, 15) is 0 Å². The third-order valence-corrected chi connectivity index (χ3v) is 3.12. The average molecular weight is 282 g/mol. The van der Waals surface area contributed by atoms with Gasteiger partial charge in [0.15, 0.2) is 6.61 Å². The van der Waals surface area contributed by atoms with Crippen LogP contribution in [-0.2, 0) is 6.54 Å². The summed E-state index contributed by atoms with van der Waals surface area (Å²) in [5, 5.41) is 11.9. The zero-order chi connectivity index (χ0) is 15.1. The molecule has 0 unspecified atom stereocenters. The Balaban J connectivity index is 2.01. The fraction of sp³-hybridized carbons (Fsp3) is 0.235. The molecule has 0 aliphatic carbocycles. The minimum Gasteiger partial charge on any atom is -0.497 e. The van der Waals surface area contributed by atoms with Crippen molar-refractivity contribution >= 4 is 5.69 Å². The molecule has 2 aromatic carbocycles. The van der Waals surface area contributed by atoms with Crippen molar-refractivity contribution in [3.63, 3.8) is 0 Å². The maximum atomic E-state index is 8.52. The van der Waals surface area contributed by atoms with Crippen molar-refractivity contribution in [1.29, 1.82) is 5.26 Å². The minimum absolute atomic E-state index is 0.0640. The lowest BCUT2D eigenvalue weighted by Crippen LogP contribution is -2.02. The van der Waals surface area contributed by atoms with Crippen molar-refractivity contribution in [2.45, 2.75) is 13.5 Å². The van der Waals surface area contributed by atoms with Crippen LogP contribution >= 0.6 is 0 Å². The van der Waals surface area contributed by atoms with Crippen LogP contribution in [0.3, 0.4) is 0 Å². The number of ether oxygens (including phenoxy) is 2. The summed E-state index contributed by atoms with van der Waals surface area (Å²) in [4.78, 5) is 0. The molecule has 0 heterocycles. The molecule has 0 aromatic heterocycles. The van der Waals surface area contributed by atoms with E-state index in [1.165, 1.54) is 0 Å². The maximum Gasteiger partial charge on any atom is 0.174 e. The Morgan fingerprint density at radius 1 is 1.14 bits per heavy atom. The lowest BCUT2D eigenvalue weighted by atomic mass is 10.1. The highest BCUT2D eigenvalue weighted by atomic mass is 16.5. The number of benzene rings is 2. The fourth-order valence-corrected chi connectivity index (χ4v) is 2.02. The second-order valence-corrected chi connectivity index (χ2v) is 4.63. The molecule has 0 spiro atoms. The van der Waals surface area contributed by atoms with Crippen LogP contribution in [-0.4, -0.2) is 13.7 Å². The van der Waals surface area contributed by atoms with Crippen molar-refractivity contribution in [3.8, 4) is 17.6 Å². The van der Waals surface area contributed by atoms with Gasteiger partial charge in [-0.05, 0) is 48.4 Å². The number of nitrogens with zero attached hydrogens (tertiary/aromatic N) is 1. The van der Waals surface area contributed by atoms with Crippen molar-refractivity contribution in [2.75, 3.05) is 19.0 Å². The van der Waals surface area contributed by atoms with Gasteiger partial charge in [0.2, 0.25) is 0 Å². The summed E-state index contributed by atoms with van der Waals surface area (Å²) in [6.07, 6.45) is 0. The summed E-state index contributed by atoms with van der Waals surface area (Å²) < 4.78 is 10.5. The van der Waals surface area contributed by atoms with Gasteiger partial charge < -0.3 is 14.8 Å². The van der Waals surface area contributed by atoms with E-state index in [2.05, 4.69) is 5.32 Å². The predicted molar refractivity (Wildman–Crippen MR) is 82.6 cm³/mol. The van der Waals surface area contributed by atoms with Crippen LogP contribution < -0.4 is 14.8 Å². The van der Waals surface area contributed by atoms with Gasteiger partial charge in [-0.25, -0.2) is 0 Å². The normalized spacial score (nSPS) is 9.76. The molecular weight excluding hydrogens is 264 g/mol. The van der Waals surface area contributed by atoms with Gasteiger partial charge >= 0.3 is 0 Å². The third-order valence-electron chi connectivity index (χ3n) is 3.12. The van der Waals surface area contributed by atoms with Gasteiger partial charge in [-0.15, -0.1) is 0 Å². The van der Waals surface area contributed by atoms with Gasteiger partial charge in [0.05, 0.1) is 7.11 Å². The SMILES string of the molecule is COc1ccc(NCc2cccc(OCC#N)c2)c(C)c1. The second kappa shape index (κ2) is 7.20. The number of rotatable bonds is 6. The summed E-state index contributed by atoms with van der Waals surface area (Å²) in [5.41, 5.74) is 3.30. The number of nitrogens with one attached hydrogen (secondary N) is 1. The summed E-state index contributed by atoms with van der Waals surface area (Å²) in [7, 11) is 1.66. The van der Waals surface area contributed by atoms with Gasteiger partial charge in [-0.1, -0.05) is 12.1 Å². The second-order valence-electron chi connectivity index (χ2n) is 4.63. The molecule has 0 bridgehead atoms. The summed E-state index contributed by atoms with van der Waals surface area (Å²) in [5.74, 6) is 1.56. The molecule has 108 valence electrons. The standard InChI is InChI=1S/C17H18N2O2/c1-13-10-15(20-2)6-7-17(13)19-12-14-4-3-5-16(11-14)21-9-8-18/h3-7,10-11,19H,9,12H2,1-2H3. The van der Waals surface area contributed by atoms with Gasteiger partial charge in [0.25, 0.3) is 0 Å². The van der Waals surface area contributed by atoms with E-state index in [0.29, 0.717) is 12.3 Å². The largest absolute Gasteiger partial charge is 0.497 e. The molecule has 0 saturated carbocycles. The molecule has 21 heavy (non-hydrogen) atoms. The van der Waals surface area contributed by atoms with Crippen molar-refractivity contribution in [2.24, 2.45) is 0 Å². The molecule has 0 saturated heterocycles. The quantitative estimate of drug-likeness (QED) is 0.880. The third kappa shape index (κ3) is 4.15. The van der Waals surface area contributed by atoms with Gasteiger partial charge in [-0.3, -0.25) is 0 Å². The average Bonchev–Trinajstić information content (AvgIpc) is 2.52. The Morgan fingerprint density at radius 2 is 2.00 bits per heavy atom. The van der Waals surface area contributed by atoms with E-state index < -0.39 is 0 Å². The maximum absolute atomic E-state index is 8.52. The molecular formula is C17H18N2O2. The van der Waals surface area contributed by atoms with Crippen LogP contribution in [0.1, 0.15) is 11.1 Å². The summed E-state index contributed by atoms with van der Waals surface area (Å²) >= 11 is 0. The van der Waals surface area contributed by atoms with E-state index in [-0.39, 0.29) is 6.61 Å². The molecule has 2 aromatic rings. The number of methoxy groups -OCH3 is 1. The minimum atomic E-state index is 0.0640. The first kappa shape index (κ1) is 14.7. The van der Waals surface area contributed by atoms with E-state index in [0.717, 1.165) is 22.6 Å². The van der Waals surface area contributed by atoms with E-state index in [1.54, 1.807) is 7.11 Å². The number of nitriles is 1. The van der Waals surface area contributed by atoms with Gasteiger partial charge in [-0.2, -0.15) is 5.26 Å². The summed E-state index contributed by atoms with van der Waals surface area (Å²) in [6.45, 7) is 2.79. The van der Waals surface area contributed by atoms with E-state index in [4.69, 9.17) is 14.7 Å².